The molecule has 0 saturated carbocycles. The summed E-state index contributed by atoms with van der Waals surface area (Å²) in [5.41, 5.74) is 2.81. The van der Waals surface area contributed by atoms with Crippen LogP contribution in [-0.4, -0.2) is 27.8 Å². The van der Waals surface area contributed by atoms with E-state index in [-0.39, 0.29) is 0 Å². The number of piperidine rings is 1. The smallest absolute Gasteiger partial charge is 0.0534 e. The third kappa shape index (κ3) is 3.48. The average Bonchev–Trinajstić information content (AvgIpc) is 2.88. The monoisotopic (exact) mass is 269 g/mol. The third-order valence-corrected chi connectivity index (χ3v) is 4.24. The van der Waals surface area contributed by atoms with Gasteiger partial charge < -0.3 is 0 Å². The summed E-state index contributed by atoms with van der Waals surface area (Å²) >= 11 is 0. The summed E-state index contributed by atoms with van der Waals surface area (Å²) in [4.78, 5) is 2.55. The summed E-state index contributed by atoms with van der Waals surface area (Å²) in [6, 6.07) is 10.9. The molecule has 1 saturated heterocycles. The van der Waals surface area contributed by atoms with Gasteiger partial charge in [-0.25, -0.2) is 0 Å². The average molecular weight is 269 g/mol. The Bertz CT molecular complexity index is 524. The molecule has 3 heteroatoms. The maximum atomic E-state index is 4.24. The molecule has 1 aromatic carbocycles. The van der Waals surface area contributed by atoms with Crippen molar-refractivity contribution in [2.24, 2.45) is 13.0 Å². The highest BCUT2D eigenvalue weighted by Crippen LogP contribution is 2.22. The highest BCUT2D eigenvalue weighted by Gasteiger charge is 2.19. The number of aryl methyl sites for hydroxylation is 1. The maximum Gasteiger partial charge on any atom is 0.0534 e. The first-order chi connectivity index (χ1) is 9.79. The highest BCUT2D eigenvalue weighted by atomic mass is 15.2. The molecule has 1 aliphatic rings. The van der Waals surface area contributed by atoms with Crippen molar-refractivity contribution in [2.75, 3.05) is 13.1 Å². The molecule has 0 N–H and O–H groups in total. The Hall–Kier alpha value is -1.61. The summed E-state index contributed by atoms with van der Waals surface area (Å²) in [5.74, 6) is 0.850. The summed E-state index contributed by atoms with van der Waals surface area (Å²) in [5, 5.41) is 4.24. The summed E-state index contributed by atoms with van der Waals surface area (Å²) in [6.45, 7) is 3.48. The fourth-order valence-electron chi connectivity index (χ4n) is 3.11. The van der Waals surface area contributed by atoms with Gasteiger partial charge in [-0.2, -0.15) is 5.10 Å². The van der Waals surface area contributed by atoms with Crippen LogP contribution in [0.3, 0.4) is 0 Å². The van der Waals surface area contributed by atoms with Crippen LogP contribution in [0.2, 0.25) is 0 Å². The normalized spacial score (nSPS) is 17.4. The molecule has 1 fully saturated rings. The second-order valence-corrected chi connectivity index (χ2v) is 5.93. The van der Waals surface area contributed by atoms with Crippen LogP contribution < -0.4 is 0 Å². The van der Waals surface area contributed by atoms with E-state index in [1.54, 1.807) is 0 Å². The number of aromatic nitrogens is 2. The number of benzene rings is 1. The number of hydrogen-bond donors (Lipinski definition) is 0. The predicted octanol–water partition coefficient (Wildman–Crippen LogP) is 2.87. The van der Waals surface area contributed by atoms with E-state index >= 15 is 0 Å². The molecule has 1 aliphatic heterocycles. The molecule has 0 atom stereocenters. The zero-order chi connectivity index (χ0) is 13.8. The van der Waals surface area contributed by atoms with Crippen LogP contribution in [0.5, 0.6) is 0 Å². The Balaban J connectivity index is 1.47. The van der Waals surface area contributed by atoms with E-state index in [1.807, 2.05) is 17.9 Å². The second-order valence-electron chi connectivity index (χ2n) is 5.93. The molecule has 0 bridgehead atoms. The van der Waals surface area contributed by atoms with Crippen molar-refractivity contribution in [3.8, 4) is 0 Å². The Morgan fingerprint density at radius 3 is 2.50 bits per heavy atom. The molecule has 0 aliphatic carbocycles. The quantitative estimate of drug-likeness (QED) is 0.851. The first kappa shape index (κ1) is 13.4. The Morgan fingerprint density at radius 1 is 1.10 bits per heavy atom. The molecule has 3 rings (SSSR count). The third-order valence-electron chi connectivity index (χ3n) is 4.24. The topological polar surface area (TPSA) is 21.1 Å². The fraction of sp³-hybridized carbons (Fsp3) is 0.471. The number of hydrogen-bond acceptors (Lipinski definition) is 2. The highest BCUT2D eigenvalue weighted by molar-refractivity contribution is 5.15. The standard InChI is InChI=1S/C17H23N3/c1-19-13-17(12-18-19)14-20-9-7-16(8-10-20)11-15-5-3-2-4-6-15/h2-6,12-13,16H,7-11,14H2,1H3. The van der Waals surface area contributed by atoms with Crippen molar-refractivity contribution in [2.45, 2.75) is 25.8 Å². The van der Waals surface area contributed by atoms with Gasteiger partial charge in [-0.15, -0.1) is 0 Å². The van der Waals surface area contributed by atoms with Crippen LogP contribution in [0, 0.1) is 5.92 Å². The van der Waals surface area contributed by atoms with E-state index in [9.17, 15) is 0 Å². The molecule has 3 nitrogen and oxygen atoms in total. The molecule has 2 heterocycles. The Kier molecular flexibility index (Phi) is 4.16. The van der Waals surface area contributed by atoms with Gasteiger partial charge >= 0.3 is 0 Å². The maximum absolute atomic E-state index is 4.24. The van der Waals surface area contributed by atoms with Crippen molar-refractivity contribution in [1.82, 2.24) is 14.7 Å². The summed E-state index contributed by atoms with van der Waals surface area (Å²) in [6.07, 6.45) is 7.97. The van der Waals surface area contributed by atoms with Crippen LogP contribution in [-0.2, 0) is 20.0 Å². The van der Waals surface area contributed by atoms with Gasteiger partial charge in [0.15, 0.2) is 0 Å². The lowest BCUT2D eigenvalue weighted by molar-refractivity contribution is 0.177. The lowest BCUT2D eigenvalue weighted by Gasteiger charge is -2.31. The molecule has 0 unspecified atom stereocenters. The number of rotatable bonds is 4. The van der Waals surface area contributed by atoms with E-state index in [0.717, 1.165) is 12.5 Å². The van der Waals surface area contributed by atoms with Gasteiger partial charge in [0, 0.05) is 25.4 Å². The Morgan fingerprint density at radius 2 is 1.85 bits per heavy atom. The van der Waals surface area contributed by atoms with E-state index in [1.165, 1.54) is 43.5 Å². The zero-order valence-electron chi connectivity index (χ0n) is 12.2. The van der Waals surface area contributed by atoms with Crippen LogP contribution >= 0.6 is 0 Å². The van der Waals surface area contributed by atoms with Crippen LogP contribution in [0.15, 0.2) is 42.7 Å². The van der Waals surface area contributed by atoms with Crippen LogP contribution in [0.4, 0.5) is 0 Å². The minimum Gasteiger partial charge on any atom is -0.299 e. The van der Waals surface area contributed by atoms with Crippen molar-refractivity contribution in [3.63, 3.8) is 0 Å². The van der Waals surface area contributed by atoms with Crippen LogP contribution in [0.25, 0.3) is 0 Å². The minimum atomic E-state index is 0.850. The summed E-state index contributed by atoms with van der Waals surface area (Å²) in [7, 11) is 1.98. The molecular weight excluding hydrogens is 246 g/mol. The van der Waals surface area contributed by atoms with Crippen molar-refractivity contribution >= 4 is 0 Å². The molecule has 0 spiro atoms. The lowest BCUT2D eigenvalue weighted by atomic mass is 9.90. The van der Waals surface area contributed by atoms with Gasteiger partial charge in [0.2, 0.25) is 0 Å². The minimum absolute atomic E-state index is 0.850. The molecule has 0 radical (unpaired) electrons. The van der Waals surface area contributed by atoms with E-state index in [0.29, 0.717) is 0 Å². The molecular formula is C17H23N3. The van der Waals surface area contributed by atoms with E-state index in [4.69, 9.17) is 0 Å². The van der Waals surface area contributed by atoms with Gasteiger partial charge in [-0.3, -0.25) is 9.58 Å². The van der Waals surface area contributed by atoms with Crippen molar-refractivity contribution < 1.29 is 0 Å². The molecule has 20 heavy (non-hydrogen) atoms. The molecule has 1 aromatic heterocycles. The zero-order valence-corrected chi connectivity index (χ0v) is 12.2. The number of likely N-dealkylation sites (tertiary alicyclic amines) is 1. The lowest BCUT2D eigenvalue weighted by Crippen LogP contribution is -2.33. The van der Waals surface area contributed by atoms with Crippen molar-refractivity contribution in [3.05, 3.63) is 53.9 Å². The fourth-order valence-corrected chi connectivity index (χ4v) is 3.11. The van der Waals surface area contributed by atoms with Crippen LogP contribution in [0.1, 0.15) is 24.0 Å². The second kappa shape index (κ2) is 6.23. The van der Waals surface area contributed by atoms with E-state index in [2.05, 4.69) is 46.5 Å². The van der Waals surface area contributed by atoms with Gasteiger partial charge in [-0.05, 0) is 43.8 Å². The van der Waals surface area contributed by atoms with Gasteiger partial charge in [0.25, 0.3) is 0 Å². The predicted molar refractivity (Wildman–Crippen MR) is 81.4 cm³/mol. The SMILES string of the molecule is Cn1cc(CN2CCC(Cc3ccccc3)CC2)cn1. The Labute approximate surface area is 121 Å². The van der Waals surface area contributed by atoms with Crippen molar-refractivity contribution in [1.29, 1.82) is 0 Å². The van der Waals surface area contributed by atoms with E-state index < -0.39 is 0 Å². The molecule has 106 valence electrons. The van der Waals surface area contributed by atoms with Gasteiger partial charge in [-0.1, -0.05) is 30.3 Å². The first-order valence-corrected chi connectivity index (χ1v) is 7.53. The molecule has 0 amide bonds. The summed E-state index contributed by atoms with van der Waals surface area (Å²) < 4.78 is 1.89. The van der Waals surface area contributed by atoms with Gasteiger partial charge in [0.1, 0.15) is 0 Å². The molecule has 2 aromatic rings. The first-order valence-electron chi connectivity index (χ1n) is 7.53. The van der Waals surface area contributed by atoms with Gasteiger partial charge in [0.05, 0.1) is 6.20 Å². The number of nitrogens with zero attached hydrogens (tertiary/aromatic N) is 3. The largest absolute Gasteiger partial charge is 0.299 e.